The van der Waals surface area contributed by atoms with E-state index in [1.807, 2.05) is 0 Å². The second kappa shape index (κ2) is 7.17. The Morgan fingerprint density at radius 2 is 2.17 bits per heavy atom. The number of anilines is 1. The molecule has 23 heavy (non-hydrogen) atoms. The van der Waals surface area contributed by atoms with E-state index in [4.69, 9.17) is 10.8 Å². The van der Waals surface area contributed by atoms with Crippen LogP contribution in [-0.4, -0.2) is 56.0 Å². The van der Waals surface area contributed by atoms with Crippen LogP contribution in [0.4, 0.5) is 5.69 Å². The zero-order valence-corrected chi connectivity index (χ0v) is 11.9. The van der Waals surface area contributed by atoms with E-state index in [1.165, 1.54) is 23.1 Å². The number of H-pyrrole nitrogens is 1. The van der Waals surface area contributed by atoms with E-state index < -0.39 is 11.8 Å². The Labute approximate surface area is 129 Å². The molecule has 0 saturated carbocycles. The largest absolute Gasteiger partial charge is 0.395 e. The maximum atomic E-state index is 11.9. The number of rotatable bonds is 7. The summed E-state index contributed by atoms with van der Waals surface area (Å²) < 4.78 is 1.32. The third-order valence-electron chi connectivity index (χ3n) is 2.71. The Morgan fingerprint density at radius 1 is 1.39 bits per heavy atom. The molecule has 6 N–H and O–H groups in total. The van der Waals surface area contributed by atoms with E-state index in [2.05, 4.69) is 25.9 Å². The molecule has 0 saturated heterocycles. The Morgan fingerprint density at radius 3 is 2.83 bits per heavy atom. The van der Waals surface area contributed by atoms with Crippen LogP contribution in [0.3, 0.4) is 0 Å². The van der Waals surface area contributed by atoms with Gasteiger partial charge < -0.3 is 21.5 Å². The quantitative estimate of drug-likeness (QED) is 0.397. The second-order valence-electron chi connectivity index (χ2n) is 4.49. The number of amides is 3. The van der Waals surface area contributed by atoms with Gasteiger partial charge in [0, 0.05) is 18.8 Å². The lowest BCUT2D eigenvalue weighted by Crippen LogP contribution is -2.30. The molecule has 0 aromatic carbocycles. The van der Waals surface area contributed by atoms with Crippen LogP contribution in [0.2, 0.25) is 0 Å². The first-order valence-electron chi connectivity index (χ1n) is 6.56. The molecule has 2 aromatic heterocycles. The maximum absolute atomic E-state index is 11.9. The second-order valence-corrected chi connectivity index (χ2v) is 4.49. The van der Waals surface area contributed by atoms with Crippen molar-refractivity contribution in [2.45, 2.75) is 6.54 Å². The Balaban J connectivity index is 1.94. The smallest absolute Gasteiger partial charge is 0.273 e. The topological polar surface area (TPSA) is 168 Å². The molecule has 2 rings (SSSR count). The van der Waals surface area contributed by atoms with Crippen LogP contribution in [0.15, 0.2) is 18.5 Å². The Kier molecular flexibility index (Phi) is 5.04. The molecule has 0 fully saturated rings. The predicted molar refractivity (Wildman–Crippen MR) is 77.4 cm³/mol. The van der Waals surface area contributed by atoms with Crippen molar-refractivity contribution < 1.29 is 19.5 Å². The average molecular weight is 321 g/mol. The number of carbonyl (C=O) groups is 3. The summed E-state index contributed by atoms with van der Waals surface area (Å²) in [6.07, 6.45) is 2.82. The summed E-state index contributed by atoms with van der Waals surface area (Å²) >= 11 is 0. The van der Waals surface area contributed by atoms with Crippen molar-refractivity contribution in [2.24, 2.45) is 5.73 Å². The molecule has 2 heterocycles. The van der Waals surface area contributed by atoms with Gasteiger partial charge in [0.1, 0.15) is 12.2 Å². The number of aromatic amines is 1. The molecule has 11 heteroatoms. The molecule has 0 aliphatic heterocycles. The van der Waals surface area contributed by atoms with Gasteiger partial charge in [-0.15, -0.1) is 0 Å². The fraction of sp³-hybridized carbons (Fsp3) is 0.250. The van der Waals surface area contributed by atoms with E-state index in [-0.39, 0.29) is 37.0 Å². The minimum absolute atomic E-state index is 0.0496. The molecule has 0 aliphatic rings. The first-order valence-corrected chi connectivity index (χ1v) is 6.56. The van der Waals surface area contributed by atoms with Gasteiger partial charge in [-0.05, 0) is 0 Å². The molecule has 3 amide bonds. The molecule has 2 aromatic rings. The van der Waals surface area contributed by atoms with Crippen molar-refractivity contribution in [1.29, 1.82) is 0 Å². The number of aliphatic hydroxyl groups is 1. The standard InChI is InChI=1S/C12H15N7O4/c13-11(22)8-3-9(18-17-8)12(23)16-7-4-15-19(5-7)6-10(21)14-1-2-20/h3-5,20H,1-2,6H2,(H2,13,22)(H,14,21)(H,16,23)(H,17,18). The summed E-state index contributed by atoms with van der Waals surface area (Å²) in [4.78, 5) is 34.3. The average Bonchev–Trinajstić information content (AvgIpc) is 3.14. The van der Waals surface area contributed by atoms with Crippen molar-refractivity contribution in [2.75, 3.05) is 18.5 Å². The molecular formula is C12H15N7O4. The molecule has 0 spiro atoms. The zero-order chi connectivity index (χ0) is 16.8. The first-order chi connectivity index (χ1) is 11.0. The van der Waals surface area contributed by atoms with Crippen molar-refractivity contribution in [3.05, 3.63) is 29.8 Å². The molecule has 0 aliphatic carbocycles. The molecule has 11 nitrogen and oxygen atoms in total. The number of hydrogen-bond acceptors (Lipinski definition) is 6. The highest BCUT2D eigenvalue weighted by Gasteiger charge is 2.14. The maximum Gasteiger partial charge on any atom is 0.273 e. The van der Waals surface area contributed by atoms with Crippen molar-refractivity contribution in [1.82, 2.24) is 25.3 Å². The van der Waals surface area contributed by atoms with Crippen LogP contribution < -0.4 is 16.4 Å². The minimum atomic E-state index is -0.748. The SMILES string of the molecule is NC(=O)c1cc(C(=O)Nc2cnn(CC(=O)NCCO)c2)[nH]n1. The number of nitrogens with zero attached hydrogens (tertiary/aromatic N) is 3. The van der Waals surface area contributed by atoms with Gasteiger partial charge in [0.05, 0.1) is 18.5 Å². The predicted octanol–water partition coefficient (Wildman–Crippen LogP) is -1.93. The highest BCUT2D eigenvalue weighted by Crippen LogP contribution is 2.08. The highest BCUT2D eigenvalue weighted by molar-refractivity contribution is 6.04. The molecule has 0 bridgehead atoms. The molecule has 0 radical (unpaired) electrons. The lowest BCUT2D eigenvalue weighted by Gasteiger charge is -2.02. The molecule has 0 atom stereocenters. The molecular weight excluding hydrogens is 306 g/mol. The van der Waals surface area contributed by atoms with Gasteiger partial charge in [0.25, 0.3) is 11.8 Å². The summed E-state index contributed by atoms with van der Waals surface area (Å²) in [5.41, 5.74) is 5.42. The van der Waals surface area contributed by atoms with Crippen LogP contribution in [0, 0.1) is 0 Å². The van der Waals surface area contributed by atoms with E-state index in [0.717, 1.165) is 0 Å². The Hall–Kier alpha value is -3.21. The van der Waals surface area contributed by atoms with E-state index in [1.54, 1.807) is 0 Å². The summed E-state index contributed by atoms with van der Waals surface area (Å²) in [6, 6.07) is 1.23. The van der Waals surface area contributed by atoms with Crippen molar-refractivity contribution >= 4 is 23.4 Å². The van der Waals surface area contributed by atoms with E-state index in [0.29, 0.717) is 5.69 Å². The number of nitrogens with two attached hydrogens (primary N) is 1. The van der Waals surface area contributed by atoms with Crippen molar-refractivity contribution in [3.8, 4) is 0 Å². The number of primary amides is 1. The summed E-state index contributed by atoms with van der Waals surface area (Å²) in [7, 11) is 0. The lowest BCUT2D eigenvalue weighted by atomic mass is 10.3. The third kappa shape index (κ3) is 4.38. The number of aliphatic hydroxyl groups excluding tert-OH is 1. The fourth-order valence-corrected chi connectivity index (χ4v) is 1.68. The van der Waals surface area contributed by atoms with Gasteiger partial charge in [-0.1, -0.05) is 0 Å². The fourth-order valence-electron chi connectivity index (χ4n) is 1.68. The van der Waals surface area contributed by atoms with Gasteiger partial charge in [-0.2, -0.15) is 10.2 Å². The Bertz CT molecular complexity index is 721. The van der Waals surface area contributed by atoms with E-state index >= 15 is 0 Å². The van der Waals surface area contributed by atoms with E-state index in [9.17, 15) is 14.4 Å². The number of carbonyl (C=O) groups excluding carboxylic acids is 3. The van der Waals surface area contributed by atoms with Crippen molar-refractivity contribution in [3.63, 3.8) is 0 Å². The number of nitrogens with one attached hydrogen (secondary N) is 3. The number of aromatic nitrogens is 4. The zero-order valence-electron chi connectivity index (χ0n) is 11.9. The summed E-state index contributed by atoms with van der Waals surface area (Å²) in [5.74, 6) is -1.60. The van der Waals surface area contributed by atoms with Gasteiger partial charge in [0.2, 0.25) is 5.91 Å². The van der Waals surface area contributed by atoms with Gasteiger partial charge >= 0.3 is 0 Å². The van der Waals surface area contributed by atoms with Crippen LogP contribution in [0.1, 0.15) is 21.0 Å². The number of hydrogen-bond donors (Lipinski definition) is 5. The van der Waals surface area contributed by atoms with Crippen LogP contribution in [0.25, 0.3) is 0 Å². The summed E-state index contributed by atoms with van der Waals surface area (Å²) in [5, 5.41) is 23.5. The lowest BCUT2D eigenvalue weighted by molar-refractivity contribution is -0.122. The summed E-state index contributed by atoms with van der Waals surface area (Å²) in [6.45, 7) is -0.0406. The van der Waals surface area contributed by atoms with Crippen LogP contribution >= 0.6 is 0 Å². The van der Waals surface area contributed by atoms with Gasteiger partial charge in [-0.25, -0.2) is 0 Å². The highest BCUT2D eigenvalue weighted by atomic mass is 16.3. The third-order valence-corrected chi connectivity index (χ3v) is 2.71. The normalized spacial score (nSPS) is 10.3. The van der Waals surface area contributed by atoms with Gasteiger partial charge in [-0.3, -0.25) is 24.2 Å². The molecule has 0 unspecified atom stereocenters. The minimum Gasteiger partial charge on any atom is -0.395 e. The molecule has 122 valence electrons. The van der Waals surface area contributed by atoms with Crippen LogP contribution in [-0.2, 0) is 11.3 Å². The van der Waals surface area contributed by atoms with Crippen LogP contribution in [0.5, 0.6) is 0 Å². The van der Waals surface area contributed by atoms with Gasteiger partial charge in [0.15, 0.2) is 5.69 Å². The first kappa shape index (κ1) is 16.2. The monoisotopic (exact) mass is 321 g/mol.